The molecule has 0 nitrogen and oxygen atoms in total. The van der Waals surface area contributed by atoms with Crippen LogP contribution in [-0.4, -0.2) is 4.51 Å². The number of benzene rings is 2. The van der Waals surface area contributed by atoms with Gasteiger partial charge in [0.1, 0.15) is 5.82 Å². The van der Waals surface area contributed by atoms with E-state index in [0.717, 1.165) is 0 Å². The van der Waals surface area contributed by atoms with Crippen LogP contribution in [0.25, 0.3) is 11.1 Å². The van der Waals surface area contributed by atoms with Crippen LogP contribution in [0.5, 0.6) is 0 Å². The second-order valence-electron chi connectivity index (χ2n) is 3.82. The molecule has 0 saturated heterocycles. The van der Waals surface area contributed by atoms with Gasteiger partial charge < -0.3 is 0 Å². The summed E-state index contributed by atoms with van der Waals surface area (Å²) >= 11 is -1.35. The molecule has 2 rings (SSSR count). The largest absolute Gasteiger partial charge is 0.205 e. The molecule has 0 aliphatic rings. The van der Waals surface area contributed by atoms with Gasteiger partial charge in [-0.3, -0.25) is 0 Å². The van der Waals surface area contributed by atoms with Gasteiger partial charge in [0.05, 0.1) is 11.1 Å². The summed E-state index contributed by atoms with van der Waals surface area (Å²) < 4.78 is 97.5. The van der Waals surface area contributed by atoms with Crippen molar-refractivity contribution in [3.63, 3.8) is 0 Å². The molecule has 21 heavy (non-hydrogen) atoms. The Balaban J connectivity index is 2.98. The molecule has 0 bridgehead atoms. The van der Waals surface area contributed by atoms with Gasteiger partial charge in [0.25, 0.3) is 0 Å². The first-order chi connectivity index (χ1) is 9.79. The Morgan fingerprint density at radius 2 is 1.00 bits per heavy atom. The summed E-state index contributed by atoms with van der Waals surface area (Å²) in [6, 6.07) is 0.387. The van der Waals surface area contributed by atoms with Crippen molar-refractivity contribution in [3.05, 3.63) is 56.4 Å². The summed E-state index contributed by atoms with van der Waals surface area (Å²) in [4.78, 5) is 0. The zero-order valence-corrected chi connectivity index (χ0v) is 12.0. The van der Waals surface area contributed by atoms with Gasteiger partial charge in [-0.25, -0.2) is 30.7 Å². The van der Waals surface area contributed by atoms with Gasteiger partial charge in [0, 0.05) is 9.64 Å². The quantitative estimate of drug-likeness (QED) is 0.369. The number of halogens is 8. The summed E-state index contributed by atoms with van der Waals surface area (Å²) in [6.45, 7) is 0. The molecule has 0 aromatic heterocycles. The van der Waals surface area contributed by atoms with Gasteiger partial charge in [0.2, 0.25) is 0 Å². The second-order valence-corrected chi connectivity index (χ2v) is 5.74. The minimum Gasteiger partial charge on any atom is -0.205 e. The number of hydrogen-bond donors (Lipinski definition) is 0. The van der Waals surface area contributed by atoms with E-state index in [1.165, 1.54) is 0 Å². The monoisotopic (exact) mass is 420 g/mol. The third-order valence-electron chi connectivity index (χ3n) is 2.62. The highest BCUT2D eigenvalue weighted by molar-refractivity contribution is 14.2. The Morgan fingerprint density at radius 1 is 0.619 bits per heavy atom. The van der Waals surface area contributed by atoms with Gasteiger partial charge in [-0.15, -0.1) is 0 Å². The molecule has 0 amide bonds. The third-order valence-corrected chi connectivity index (χ3v) is 4.22. The lowest BCUT2D eigenvalue weighted by atomic mass is 10.0. The van der Waals surface area contributed by atoms with Crippen molar-refractivity contribution in [3.8, 4) is 11.1 Å². The van der Waals surface area contributed by atoms with Crippen molar-refractivity contribution in [2.24, 2.45) is 0 Å². The van der Waals surface area contributed by atoms with Gasteiger partial charge in [-0.05, 0) is 6.07 Å². The van der Waals surface area contributed by atoms with Crippen LogP contribution in [0.3, 0.4) is 0 Å². The predicted octanol–water partition coefficient (Wildman–Crippen LogP) is 4.90. The molecule has 0 aliphatic carbocycles. The highest BCUT2D eigenvalue weighted by Gasteiger charge is 2.28. The van der Waals surface area contributed by atoms with E-state index >= 15 is 0 Å². The zero-order chi connectivity index (χ0) is 15.9. The maximum Gasteiger partial charge on any atom is 0.170 e. The lowest BCUT2D eigenvalue weighted by Gasteiger charge is -2.11. The lowest BCUT2D eigenvalue weighted by Crippen LogP contribution is -2.05. The first-order valence-electron chi connectivity index (χ1n) is 5.18. The van der Waals surface area contributed by atoms with Crippen LogP contribution >= 0.6 is 20.7 Å². The molecule has 8 heteroatoms. The normalized spacial score (nSPS) is 11.0. The van der Waals surface area contributed by atoms with Gasteiger partial charge >= 0.3 is 0 Å². The Labute approximate surface area is 124 Å². The van der Waals surface area contributed by atoms with Crippen LogP contribution in [0.1, 0.15) is 0 Å². The van der Waals surface area contributed by atoms with E-state index in [-0.39, 0.29) is 9.64 Å². The molecule has 0 spiro atoms. The van der Waals surface area contributed by atoms with Gasteiger partial charge in [-0.2, -0.15) is 0 Å². The topological polar surface area (TPSA) is 0 Å². The van der Waals surface area contributed by atoms with E-state index in [4.69, 9.17) is 0 Å². The molecule has 0 radical (unpaired) electrons. The maximum atomic E-state index is 14.0. The standard InChI is InChI=1S/C13H4F7I/c1-21-7-3-6(16)12(19)9(13(7)20)8-10(17)4(14)2-5(15)11(8)18/h2-3H,1H2. The van der Waals surface area contributed by atoms with Gasteiger partial charge in [0.15, 0.2) is 34.9 Å². The summed E-state index contributed by atoms with van der Waals surface area (Å²) in [5, 5.41) is 0. The van der Waals surface area contributed by atoms with E-state index in [1.807, 2.05) is 0 Å². The number of hydrogen-bond acceptors (Lipinski definition) is 0. The first-order valence-corrected chi connectivity index (χ1v) is 7.79. The highest BCUT2D eigenvalue weighted by Crippen LogP contribution is 2.36. The highest BCUT2D eigenvalue weighted by atomic mass is 127. The first kappa shape index (κ1) is 15.9. The Bertz CT molecular complexity index is 729. The molecule has 0 saturated carbocycles. The summed E-state index contributed by atoms with van der Waals surface area (Å²) in [5.74, 6) is -12.7. The molecule has 112 valence electrons. The molecule has 0 fully saturated rings. The molecule has 2 aromatic carbocycles. The Morgan fingerprint density at radius 3 is 1.43 bits per heavy atom. The van der Waals surface area contributed by atoms with Crippen molar-refractivity contribution in [2.45, 2.75) is 0 Å². The van der Waals surface area contributed by atoms with Crippen molar-refractivity contribution >= 4 is 25.2 Å². The van der Waals surface area contributed by atoms with Crippen LogP contribution in [-0.2, 0) is 0 Å². The molecule has 0 aliphatic heterocycles. The average molecular weight is 420 g/mol. The summed E-state index contributed by atoms with van der Waals surface area (Å²) in [7, 11) is 0. The molecular weight excluding hydrogens is 416 g/mol. The van der Waals surface area contributed by atoms with E-state index in [9.17, 15) is 30.7 Å². The molecule has 0 unspecified atom stereocenters. The van der Waals surface area contributed by atoms with Crippen LogP contribution in [0.2, 0.25) is 0 Å². The molecular formula is C13H4F7I. The zero-order valence-electron chi connectivity index (χ0n) is 9.89. The van der Waals surface area contributed by atoms with Crippen molar-refractivity contribution in [1.29, 1.82) is 0 Å². The summed E-state index contributed by atoms with van der Waals surface area (Å²) in [6.07, 6.45) is 0. The van der Waals surface area contributed by atoms with Crippen molar-refractivity contribution in [2.75, 3.05) is 0 Å². The minimum absolute atomic E-state index is 0.113. The second kappa shape index (κ2) is 5.74. The van der Waals surface area contributed by atoms with Crippen LogP contribution in [0.15, 0.2) is 12.1 Å². The molecule has 2 aromatic rings. The number of rotatable bonds is 2. The van der Waals surface area contributed by atoms with Crippen molar-refractivity contribution < 1.29 is 30.7 Å². The predicted molar refractivity (Wildman–Crippen MR) is 71.4 cm³/mol. The lowest BCUT2D eigenvalue weighted by molar-refractivity contribution is 0.452. The maximum absolute atomic E-state index is 14.0. The smallest absolute Gasteiger partial charge is 0.170 e. The van der Waals surface area contributed by atoms with E-state index in [2.05, 4.69) is 4.51 Å². The fourth-order valence-electron chi connectivity index (χ4n) is 1.68. The Kier molecular flexibility index (Phi) is 4.35. The van der Waals surface area contributed by atoms with E-state index < -0.39 is 72.6 Å². The molecule has 0 heterocycles. The van der Waals surface area contributed by atoms with Crippen molar-refractivity contribution in [1.82, 2.24) is 0 Å². The fourth-order valence-corrected chi connectivity index (χ4v) is 2.78. The minimum atomic E-state index is -2.01. The molecule has 0 atom stereocenters. The fraction of sp³-hybridized carbons (Fsp3) is 0. The SMILES string of the molecule is C=Ic1cc(F)c(F)c(-c2c(F)c(F)cc(F)c2F)c1F. The molecule has 0 N–H and O–H groups in total. The third kappa shape index (κ3) is 2.56. The average Bonchev–Trinajstić information content (AvgIpc) is 2.44. The van der Waals surface area contributed by atoms with Gasteiger partial charge in [-0.1, -0.05) is 25.2 Å². The van der Waals surface area contributed by atoms with Crippen LogP contribution in [0, 0.1) is 44.3 Å². The van der Waals surface area contributed by atoms with Crippen LogP contribution < -0.4 is 0 Å². The Hall–Kier alpha value is -1.45. The summed E-state index contributed by atoms with van der Waals surface area (Å²) in [5.41, 5.74) is -3.11. The van der Waals surface area contributed by atoms with E-state index in [0.29, 0.717) is 6.07 Å². The van der Waals surface area contributed by atoms with Crippen LogP contribution in [0.4, 0.5) is 30.7 Å². The van der Waals surface area contributed by atoms with E-state index in [1.54, 1.807) is 0 Å².